The number of hydrogen-bond acceptors (Lipinski definition) is 2. The molecule has 0 fully saturated rings. The van der Waals surface area contributed by atoms with Crippen LogP contribution in [0.15, 0.2) is 72.8 Å². The van der Waals surface area contributed by atoms with Gasteiger partial charge < -0.3 is 9.47 Å². The summed E-state index contributed by atoms with van der Waals surface area (Å²) < 4.78 is 2.26. The third kappa shape index (κ3) is 2.78. The third-order valence-corrected chi connectivity index (χ3v) is 5.44. The van der Waals surface area contributed by atoms with E-state index >= 15 is 0 Å². The van der Waals surface area contributed by atoms with Crippen molar-refractivity contribution in [3.63, 3.8) is 0 Å². The van der Waals surface area contributed by atoms with Crippen LogP contribution in [0.1, 0.15) is 18.1 Å². The molecule has 4 heteroatoms. The first-order valence-electron chi connectivity index (χ1n) is 9.61. The highest BCUT2D eigenvalue weighted by Gasteiger charge is 2.25. The number of fused-ring (bicyclic) bond motifs is 2. The van der Waals surface area contributed by atoms with Crippen LogP contribution in [-0.4, -0.2) is 22.0 Å². The van der Waals surface area contributed by atoms with Crippen molar-refractivity contribution in [1.82, 2.24) is 9.55 Å². The fourth-order valence-corrected chi connectivity index (χ4v) is 4.07. The van der Waals surface area contributed by atoms with E-state index in [0.717, 1.165) is 47.6 Å². The van der Waals surface area contributed by atoms with E-state index in [4.69, 9.17) is 4.98 Å². The summed E-state index contributed by atoms with van der Waals surface area (Å²) >= 11 is 0. The van der Waals surface area contributed by atoms with E-state index in [9.17, 15) is 4.79 Å². The predicted octanol–water partition coefficient (Wildman–Crippen LogP) is 4.66. The molecule has 0 aliphatic carbocycles. The van der Waals surface area contributed by atoms with E-state index in [2.05, 4.69) is 53.1 Å². The fraction of sp³-hybridized carbons (Fsp3) is 0.167. The van der Waals surface area contributed by atoms with Crippen molar-refractivity contribution in [3.05, 3.63) is 83.9 Å². The van der Waals surface area contributed by atoms with Gasteiger partial charge in [-0.15, -0.1) is 0 Å². The number of benzene rings is 3. The van der Waals surface area contributed by atoms with Gasteiger partial charge in [0.05, 0.1) is 11.0 Å². The second kappa shape index (κ2) is 6.64. The molecule has 0 saturated carbocycles. The van der Waals surface area contributed by atoms with Crippen molar-refractivity contribution in [2.45, 2.75) is 19.9 Å². The lowest BCUT2D eigenvalue weighted by atomic mass is 10.1. The Morgan fingerprint density at radius 3 is 2.43 bits per heavy atom. The minimum Gasteiger partial charge on any atom is -0.319 e. The number of rotatable bonds is 3. The lowest BCUT2D eigenvalue weighted by Gasteiger charge is -2.15. The van der Waals surface area contributed by atoms with Crippen LogP contribution in [0.25, 0.3) is 22.4 Å². The maximum absolute atomic E-state index is 12.1. The van der Waals surface area contributed by atoms with Crippen LogP contribution in [0.5, 0.6) is 0 Å². The molecule has 1 aliphatic rings. The molecule has 0 radical (unpaired) electrons. The predicted molar refractivity (Wildman–Crippen MR) is 112 cm³/mol. The van der Waals surface area contributed by atoms with E-state index in [1.165, 1.54) is 11.1 Å². The zero-order valence-electron chi connectivity index (χ0n) is 15.8. The smallest absolute Gasteiger partial charge is 0.223 e. The first kappa shape index (κ1) is 16.8. The molecule has 138 valence electrons. The quantitative estimate of drug-likeness (QED) is 0.528. The van der Waals surface area contributed by atoms with Gasteiger partial charge in [0.25, 0.3) is 0 Å². The molecule has 1 aromatic heterocycles. The summed E-state index contributed by atoms with van der Waals surface area (Å²) in [5.41, 5.74) is 6.59. The van der Waals surface area contributed by atoms with Gasteiger partial charge in [-0.2, -0.15) is 0 Å². The Hall–Kier alpha value is -3.40. The van der Waals surface area contributed by atoms with Gasteiger partial charge in [0.15, 0.2) is 0 Å². The number of hydrogen-bond donors (Lipinski definition) is 0. The van der Waals surface area contributed by atoms with E-state index in [-0.39, 0.29) is 5.91 Å². The Labute approximate surface area is 164 Å². The van der Waals surface area contributed by atoms with Crippen molar-refractivity contribution in [1.29, 1.82) is 0 Å². The van der Waals surface area contributed by atoms with Gasteiger partial charge in [-0.3, -0.25) is 4.79 Å². The van der Waals surface area contributed by atoms with Crippen LogP contribution >= 0.6 is 0 Å². The topological polar surface area (TPSA) is 38.1 Å². The number of anilines is 1. The molecule has 3 aromatic carbocycles. The van der Waals surface area contributed by atoms with Gasteiger partial charge in [0.1, 0.15) is 5.82 Å². The highest BCUT2D eigenvalue weighted by Crippen LogP contribution is 2.35. The van der Waals surface area contributed by atoms with Gasteiger partial charge in [-0.25, -0.2) is 4.98 Å². The van der Waals surface area contributed by atoms with Crippen molar-refractivity contribution >= 4 is 22.6 Å². The maximum Gasteiger partial charge on any atom is 0.223 e. The van der Waals surface area contributed by atoms with E-state index in [1.807, 2.05) is 29.2 Å². The minimum atomic E-state index is 0.0931. The molecule has 1 aliphatic heterocycles. The molecule has 0 spiro atoms. The molecule has 0 saturated heterocycles. The van der Waals surface area contributed by atoms with Crippen LogP contribution < -0.4 is 4.90 Å². The molecule has 2 heterocycles. The van der Waals surface area contributed by atoms with Crippen molar-refractivity contribution in [3.8, 4) is 11.4 Å². The van der Waals surface area contributed by atoms with Crippen molar-refractivity contribution in [2.24, 2.45) is 0 Å². The second-order valence-electron chi connectivity index (χ2n) is 7.26. The number of amides is 1. The molecule has 1 amide bonds. The summed E-state index contributed by atoms with van der Waals surface area (Å²) in [4.78, 5) is 18.9. The Morgan fingerprint density at radius 1 is 1.00 bits per heavy atom. The van der Waals surface area contributed by atoms with Gasteiger partial charge in [0.2, 0.25) is 5.91 Å². The molecular weight excluding hydrogens is 346 g/mol. The van der Waals surface area contributed by atoms with Crippen molar-refractivity contribution < 1.29 is 4.79 Å². The number of imidazole rings is 1. The van der Waals surface area contributed by atoms with Gasteiger partial charge in [0, 0.05) is 31.3 Å². The van der Waals surface area contributed by atoms with Crippen LogP contribution in [0.2, 0.25) is 0 Å². The van der Waals surface area contributed by atoms with Gasteiger partial charge >= 0.3 is 0 Å². The lowest BCUT2D eigenvalue weighted by Crippen LogP contribution is -2.25. The number of carbonyl (C=O) groups is 1. The van der Waals surface area contributed by atoms with Crippen LogP contribution in [0.3, 0.4) is 0 Å². The largest absolute Gasteiger partial charge is 0.319 e. The monoisotopic (exact) mass is 367 g/mol. The van der Waals surface area contributed by atoms with E-state index in [1.54, 1.807) is 6.92 Å². The van der Waals surface area contributed by atoms with Gasteiger partial charge in [-0.1, -0.05) is 60.7 Å². The molecule has 0 atom stereocenters. The Bertz CT molecular complexity index is 1160. The normalized spacial score (nSPS) is 13.1. The summed E-state index contributed by atoms with van der Waals surface area (Å²) in [6, 6.07) is 25.0. The Morgan fingerprint density at radius 2 is 1.71 bits per heavy atom. The lowest BCUT2D eigenvalue weighted by molar-refractivity contribution is -0.116. The number of aromatic nitrogens is 2. The molecule has 28 heavy (non-hydrogen) atoms. The molecule has 0 bridgehead atoms. The summed E-state index contributed by atoms with van der Waals surface area (Å²) in [5, 5.41) is 0. The van der Waals surface area contributed by atoms with Crippen molar-refractivity contribution in [2.75, 3.05) is 11.4 Å². The summed E-state index contributed by atoms with van der Waals surface area (Å²) in [6.07, 6.45) is 0.886. The van der Waals surface area contributed by atoms with E-state index in [0.29, 0.717) is 0 Å². The number of carbonyl (C=O) groups excluding carboxylic acids is 1. The molecule has 0 unspecified atom stereocenters. The van der Waals surface area contributed by atoms with Crippen LogP contribution in [0.4, 0.5) is 5.69 Å². The standard InChI is InChI=1S/C24H21N3O/c1-17(28)26-13-12-20-14-21-23(15-22(20)26)27(16-18-8-4-2-5-9-18)24(25-21)19-10-6-3-7-11-19/h2-11,14-15H,12-13,16H2,1H3. The molecule has 5 rings (SSSR count). The zero-order chi connectivity index (χ0) is 19.1. The SMILES string of the molecule is CC(=O)N1CCc2cc3nc(-c4ccccc4)n(Cc4ccccc4)c3cc21. The summed E-state index contributed by atoms with van der Waals surface area (Å²) in [5.74, 6) is 1.05. The second-order valence-corrected chi connectivity index (χ2v) is 7.26. The Balaban J connectivity index is 1.73. The fourth-order valence-electron chi connectivity index (χ4n) is 4.07. The van der Waals surface area contributed by atoms with E-state index < -0.39 is 0 Å². The van der Waals surface area contributed by atoms with Crippen LogP contribution in [-0.2, 0) is 17.8 Å². The third-order valence-electron chi connectivity index (χ3n) is 5.44. The highest BCUT2D eigenvalue weighted by molar-refractivity contribution is 5.97. The molecule has 0 N–H and O–H groups in total. The average molecular weight is 367 g/mol. The molecule has 4 aromatic rings. The Kier molecular flexibility index (Phi) is 3.97. The van der Waals surface area contributed by atoms with Crippen LogP contribution in [0, 0.1) is 0 Å². The first-order valence-corrected chi connectivity index (χ1v) is 9.61. The van der Waals surface area contributed by atoms with Gasteiger partial charge in [-0.05, 0) is 29.7 Å². The summed E-state index contributed by atoms with van der Waals surface area (Å²) in [7, 11) is 0. The molecule has 4 nitrogen and oxygen atoms in total. The minimum absolute atomic E-state index is 0.0931. The highest BCUT2D eigenvalue weighted by atomic mass is 16.2. The summed E-state index contributed by atoms with van der Waals surface area (Å²) in [6.45, 7) is 3.12. The first-order chi connectivity index (χ1) is 13.7. The molecular formula is C24H21N3O. The maximum atomic E-state index is 12.1. The zero-order valence-corrected chi connectivity index (χ0v) is 15.8. The average Bonchev–Trinajstić information content (AvgIpc) is 3.29. The number of nitrogens with zero attached hydrogens (tertiary/aromatic N) is 3.